The largest absolute Gasteiger partial charge is 0.392 e. The third-order valence-corrected chi connectivity index (χ3v) is 6.68. The van der Waals surface area contributed by atoms with E-state index in [-0.39, 0.29) is 6.10 Å². The summed E-state index contributed by atoms with van der Waals surface area (Å²) in [6.07, 6.45) is 10.0. The summed E-state index contributed by atoms with van der Waals surface area (Å²) >= 11 is 0. The van der Waals surface area contributed by atoms with E-state index in [1.54, 1.807) is 0 Å². The van der Waals surface area contributed by atoms with Crippen LogP contribution in [0.25, 0.3) is 22.0 Å². The van der Waals surface area contributed by atoms with Gasteiger partial charge in [-0.3, -0.25) is 9.88 Å². The van der Waals surface area contributed by atoms with Gasteiger partial charge in [0.15, 0.2) is 5.82 Å². The predicted octanol–water partition coefficient (Wildman–Crippen LogP) is 5.21. The maximum atomic E-state index is 9.80. The van der Waals surface area contributed by atoms with E-state index in [1.807, 2.05) is 36.7 Å². The Kier molecular flexibility index (Phi) is 6.02. The van der Waals surface area contributed by atoms with E-state index >= 15 is 0 Å². The fourth-order valence-electron chi connectivity index (χ4n) is 4.77. The van der Waals surface area contributed by atoms with E-state index in [1.165, 1.54) is 0 Å². The third-order valence-electron chi connectivity index (χ3n) is 6.68. The highest BCUT2D eigenvalue weighted by Crippen LogP contribution is 2.34. The number of aliphatic hydroxyl groups is 1. The number of fused-ring (bicyclic) bond motifs is 1. The summed E-state index contributed by atoms with van der Waals surface area (Å²) < 4.78 is 0. The van der Waals surface area contributed by atoms with Crippen LogP contribution in [0.2, 0.25) is 0 Å². The Morgan fingerprint density at radius 2 is 1.88 bits per heavy atom. The molecular weight excluding hydrogens is 420 g/mol. The fourth-order valence-corrected chi connectivity index (χ4v) is 4.77. The average Bonchev–Trinajstić information content (AvgIpc) is 3.25. The molecule has 170 valence electrons. The van der Waals surface area contributed by atoms with Crippen LogP contribution in [0.1, 0.15) is 28.7 Å². The van der Waals surface area contributed by atoms with Gasteiger partial charge in [0.2, 0.25) is 0 Å². The molecule has 5 nitrogen and oxygen atoms in total. The molecule has 2 aromatic carbocycles. The van der Waals surface area contributed by atoms with Crippen LogP contribution in [0, 0.1) is 26.2 Å². The summed E-state index contributed by atoms with van der Waals surface area (Å²) in [5.74, 6) is 3.51. The summed E-state index contributed by atoms with van der Waals surface area (Å²) in [4.78, 5) is 11.6. The summed E-state index contributed by atoms with van der Waals surface area (Å²) in [5.41, 5.74) is 8.38. The van der Waals surface area contributed by atoms with Crippen molar-refractivity contribution in [2.24, 2.45) is 0 Å². The molecule has 5 rings (SSSR count). The Morgan fingerprint density at radius 1 is 1.09 bits per heavy atom. The molecule has 1 aliphatic heterocycles. The maximum Gasteiger partial charge on any atom is 0.156 e. The second-order valence-corrected chi connectivity index (χ2v) is 8.98. The number of nitrogens with one attached hydrogen (secondary N) is 1. The summed E-state index contributed by atoms with van der Waals surface area (Å²) in [5, 5.41) is 14.4. The van der Waals surface area contributed by atoms with E-state index in [0.717, 1.165) is 81.8 Å². The molecule has 0 aliphatic carbocycles. The number of rotatable bonds is 5. The average molecular weight is 449 g/mol. The zero-order chi connectivity index (χ0) is 23.7. The lowest BCUT2D eigenvalue weighted by Crippen LogP contribution is -2.21. The van der Waals surface area contributed by atoms with Crippen molar-refractivity contribution in [1.82, 2.24) is 14.9 Å². The van der Waals surface area contributed by atoms with Gasteiger partial charge < -0.3 is 10.4 Å². The standard InChI is InChI=1S/C29H28N4O/c1-4-22-7-5-8-25(19(22)2)26-9-6-10-27(20(26)3)32-29-28-23(11-13-30-29)15-21(16-31-28)17-33-14-12-24(34)18-33/h1,5-11,13,15-16,24,34H,12,14,17-18H2,2-3H3,(H,30,32)/t24-/m1/s1. The molecule has 0 radical (unpaired) electrons. The van der Waals surface area contributed by atoms with Crippen LogP contribution in [-0.2, 0) is 6.54 Å². The lowest BCUT2D eigenvalue weighted by molar-refractivity contribution is 0.175. The van der Waals surface area contributed by atoms with Crippen LogP contribution >= 0.6 is 0 Å². The molecule has 1 aliphatic rings. The van der Waals surface area contributed by atoms with E-state index < -0.39 is 0 Å². The second kappa shape index (κ2) is 9.26. The van der Waals surface area contributed by atoms with Gasteiger partial charge in [-0.15, -0.1) is 6.42 Å². The first-order valence-electron chi connectivity index (χ1n) is 11.6. The molecule has 1 saturated heterocycles. The first-order chi connectivity index (χ1) is 16.5. The number of anilines is 2. The number of terminal acetylenes is 1. The molecule has 2 aromatic heterocycles. The van der Waals surface area contributed by atoms with Crippen LogP contribution in [0.3, 0.4) is 0 Å². The van der Waals surface area contributed by atoms with Crippen molar-refractivity contribution in [3.05, 3.63) is 83.2 Å². The third kappa shape index (κ3) is 4.26. The van der Waals surface area contributed by atoms with Gasteiger partial charge in [0, 0.05) is 48.7 Å². The summed E-state index contributed by atoms with van der Waals surface area (Å²) in [6.45, 7) is 6.62. The normalized spacial score (nSPS) is 16.0. The van der Waals surface area contributed by atoms with Crippen LogP contribution in [0.4, 0.5) is 11.5 Å². The lowest BCUT2D eigenvalue weighted by atomic mass is 9.93. The Labute approximate surface area is 200 Å². The van der Waals surface area contributed by atoms with Gasteiger partial charge in [0.25, 0.3) is 0 Å². The van der Waals surface area contributed by atoms with Crippen molar-refractivity contribution in [2.75, 3.05) is 18.4 Å². The molecular formula is C29H28N4O. The molecule has 0 bridgehead atoms. The van der Waals surface area contributed by atoms with Crippen LogP contribution in [-0.4, -0.2) is 39.2 Å². The van der Waals surface area contributed by atoms with Gasteiger partial charge >= 0.3 is 0 Å². The molecule has 1 atom stereocenters. The number of hydrogen-bond acceptors (Lipinski definition) is 5. The number of pyridine rings is 2. The number of nitrogens with zero attached hydrogens (tertiary/aromatic N) is 3. The molecule has 0 unspecified atom stereocenters. The van der Waals surface area contributed by atoms with E-state index in [9.17, 15) is 5.11 Å². The number of likely N-dealkylation sites (tertiary alicyclic amines) is 1. The van der Waals surface area contributed by atoms with Crippen LogP contribution < -0.4 is 5.32 Å². The van der Waals surface area contributed by atoms with Crippen LogP contribution in [0.15, 0.2) is 60.9 Å². The van der Waals surface area contributed by atoms with Crippen molar-refractivity contribution in [3.8, 4) is 23.5 Å². The van der Waals surface area contributed by atoms with Gasteiger partial charge in [-0.1, -0.05) is 30.2 Å². The highest BCUT2D eigenvalue weighted by atomic mass is 16.3. The van der Waals surface area contributed by atoms with Crippen LogP contribution in [0.5, 0.6) is 0 Å². The maximum absolute atomic E-state index is 9.80. The molecule has 4 aromatic rings. The molecule has 2 N–H and O–H groups in total. The zero-order valence-electron chi connectivity index (χ0n) is 19.5. The number of aliphatic hydroxyl groups excluding tert-OH is 1. The van der Waals surface area contributed by atoms with Crippen molar-refractivity contribution in [3.63, 3.8) is 0 Å². The molecule has 0 saturated carbocycles. The van der Waals surface area contributed by atoms with Gasteiger partial charge in [-0.2, -0.15) is 0 Å². The highest BCUT2D eigenvalue weighted by Gasteiger charge is 2.20. The number of benzene rings is 2. The highest BCUT2D eigenvalue weighted by molar-refractivity contribution is 5.91. The molecule has 3 heterocycles. The molecule has 0 amide bonds. The summed E-state index contributed by atoms with van der Waals surface area (Å²) in [6, 6.07) is 16.5. The minimum Gasteiger partial charge on any atom is -0.392 e. The lowest BCUT2D eigenvalue weighted by Gasteiger charge is -2.17. The van der Waals surface area contributed by atoms with Crippen molar-refractivity contribution in [1.29, 1.82) is 0 Å². The smallest absolute Gasteiger partial charge is 0.156 e. The molecule has 1 fully saturated rings. The van der Waals surface area contributed by atoms with Crippen molar-refractivity contribution < 1.29 is 5.11 Å². The van der Waals surface area contributed by atoms with E-state index in [4.69, 9.17) is 11.4 Å². The van der Waals surface area contributed by atoms with Gasteiger partial charge in [-0.25, -0.2) is 4.98 Å². The molecule has 0 spiro atoms. The number of β-amino-alcohol motifs (C(OH)–C–C–N with tert-alkyl or cyclic N) is 1. The first-order valence-corrected chi connectivity index (χ1v) is 11.6. The Hall–Kier alpha value is -3.72. The molecule has 5 heteroatoms. The fraction of sp³-hybridized carbons (Fsp3) is 0.241. The van der Waals surface area contributed by atoms with Gasteiger partial charge in [-0.05, 0) is 72.4 Å². The van der Waals surface area contributed by atoms with Crippen molar-refractivity contribution >= 4 is 22.4 Å². The second-order valence-electron chi connectivity index (χ2n) is 8.98. The summed E-state index contributed by atoms with van der Waals surface area (Å²) in [7, 11) is 0. The zero-order valence-corrected chi connectivity index (χ0v) is 19.5. The SMILES string of the molecule is C#Cc1cccc(-c2cccc(Nc3nccc4cc(CN5CC[C@@H](O)C5)cnc34)c2C)c1C. The number of hydrogen-bond donors (Lipinski definition) is 2. The Morgan fingerprint density at radius 3 is 2.65 bits per heavy atom. The minimum absolute atomic E-state index is 0.217. The van der Waals surface area contributed by atoms with Gasteiger partial charge in [0.05, 0.1) is 6.10 Å². The Bertz CT molecular complexity index is 1410. The predicted molar refractivity (Wildman–Crippen MR) is 138 cm³/mol. The minimum atomic E-state index is -0.217. The van der Waals surface area contributed by atoms with E-state index in [2.05, 4.69) is 59.2 Å². The monoisotopic (exact) mass is 448 g/mol. The molecule has 34 heavy (non-hydrogen) atoms. The van der Waals surface area contributed by atoms with E-state index in [0.29, 0.717) is 0 Å². The van der Waals surface area contributed by atoms with Crippen molar-refractivity contribution in [2.45, 2.75) is 32.9 Å². The number of aromatic nitrogens is 2. The first kappa shape index (κ1) is 22.1. The Balaban J connectivity index is 1.46. The van der Waals surface area contributed by atoms with Gasteiger partial charge in [0.1, 0.15) is 5.52 Å². The quantitative estimate of drug-likeness (QED) is 0.411. The topological polar surface area (TPSA) is 61.3 Å².